The Morgan fingerprint density at radius 1 is 0.941 bits per heavy atom. The summed E-state index contributed by atoms with van der Waals surface area (Å²) in [6.07, 6.45) is 3.91. The van der Waals surface area contributed by atoms with Gasteiger partial charge in [-0.15, -0.1) is 0 Å². The number of primary sulfonamides is 1. The maximum absolute atomic E-state index is 10.3. The molecular formula is C8H16NNaO5S2. The third-order valence-electron chi connectivity index (χ3n) is 2.30. The second-order valence-electron chi connectivity index (χ2n) is 4.44. The van der Waals surface area contributed by atoms with E-state index < -0.39 is 20.1 Å². The summed E-state index contributed by atoms with van der Waals surface area (Å²) in [6, 6.07) is 0. The third-order valence-corrected chi connectivity index (χ3v) is 4.12. The van der Waals surface area contributed by atoms with Crippen molar-refractivity contribution in [2.24, 2.45) is 17.0 Å². The van der Waals surface area contributed by atoms with E-state index in [-0.39, 0.29) is 47.0 Å². The Morgan fingerprint density at radius 3 is 1.41 bits per heavy atom. The molecule has 0 aromatic rings. The zero-order valence-corrected chi connectivity index (χ0v) is 13.5. The zero-order chi connectivity index (χ0) is 12.4. The van der Waals surface area contributed by atoms with Gasteiger partial charge in [0.05, 0.1) is 15.9 Å². The first-order chi connectivity index (χ1) is 7.16. The van der Waals surface area contributed by atoms with Crippen LogP contribution in [0.2, 0.25) is 0 Å². The molecule has 2 fully saturated rings. The second kappa shape index (κ2) is 6.83. The van der Waals surface area contributed by atoms with Gasteiger partial charge in [0.15, 0.2) is 0 Å². The van der Waals surface area contributed by atoms with E-state index in [1.165, 1.54) is 0 Å². The van der Waals surface area contributed by atoms with Crippen molar-refractivity contribution in [2.75, 3.05) is 11.5 Å². The fraction of sp³-hybridized carbons (Fsp3) is 1.00. The van der Waals surface area contributed by atoms with Crippen LogP contribution < -0.4 is 34.7 Å². The van der Waals surface area contributed by atoms with Crippen molar-refractivity contribution in [3.63, 3.8) is 0 Å². The molecule has 0 spiro atoms. The van der Waals surface area contributed by atoms with E-state index in [9.17, 15) is 21.4 Å². The molecule has 0 atom stereocenters. The molecule has 0 aliphatic heterocycles. The van der Waals surface area contributed by atoms with Gasteiger partial charge in [-0.3, -0.25) is 0 Å². The SMILES string of the molecule is NS(=O)(=O)CC1CC1.O=S(=O)([O-])CC1CC1.[Na+]. The molecule has 0 aromatic heterocycles. The molecule has 2 N–H and O–H groups in total. The minimum absolute atomic E-state index is 0. The van der Waals surface area contributed by atoms with E-state index in [0.29, 0.717) is 5.92 Å². The van der Waals surface area contributed by atoms with E-state index in [1.54, 1.807) is 0 Å². The second-order valence-corrected chi connectivity index (χ2v) is 7.55. The van der Waals surface area contributed by atoms with Crippen LogP contribution in [0.1, 0.15) is 25.7 Å². The van der Waals surface area contributed by atoms with Gasteiger partial charge in [-0.1, -0.05) is 0 Å². The van der Waals surface area contributed by atoms with Crippen molar-refractivity contribution in [1.82, 2.24) is 0 Å². The standard InChI is InChI=1S/C4H9NO2S.C4H8O3S.Na/c2*5-8(6,7)3-4-1-2-4;/h4H,1-3H2,(H2,5,6,7);4H,1-3H2,(H,5,6,7);/q;;+1/p-1. The van der Waals surface area contributed by atoms with E-state index in [0.717, 1.165) is 25.7 Å². The normalized spacial score (nSPS) is 19.9. The smallest absolute Gasteiger partial charge is 0.748 e. The van der Waals surface area contributed by atoms with Crippen molar-refractivity contribution in [3.05, 3.63) is 0 Å². The minimum atomic E-state index is -3.91. The quantitative estimate of drug-likeness (QED) is 0.429. The fourth-order valence-corrected chi connectivity index (χ4v) is 3.09. The van der Waals surface area contributed by atoms with E-state index in [4.69, 9.17) is 5.14 Å². The summed E-state index contributed by atoms with van der Waals surface area (Å²) >= 11 is 0. The van der Waals surface area contributed by atoms with Gasteiger partial charge < -0.3 is 4.55 Å². The molecule has 96 valence electrons. The Kier molecular flexibility index (Phi) is 7.16. The molecule has 0 radical (unpaired) electrons. The molecule has 0 bridgehead atoms. The molecule has 9 heteroatoms. The van der Waals surface area contributed by atoms with Crippen LogP contribution in [0.15, 0.2) is 0 Å². The van der Waals surface area contributed by atoms with E-state index in [2.05, 4.69) is 0 Å². The average molecular weight is 293 g/mol. The molecule has 2 aliphatic carbocycles. The average Bonchev–Trinajstić information content (AvgIpc) is 2.79. The van der Waals surface area contributed by atoms with Crippen molar-refractivity contribution >= 4 is 20.1 Å². The predicted molar refractivity (Wildman–Crippen MR) is 58.0 cm³/mol. The largest absolute Gasteiger partial charge is 1.00 e. The Balaban J connectivity index is 0.000000284. The fourth-order valence-electron chi connectivity index (χ4n) is 1.19. The van der Waals surface area contributed by atoms with Crippen molar-refractivity contribution < 1.29 is 50.9 Å². The number of hydrogen-bond donors (Lipinski definition) is 1. The van der Waals surface area contributed by atoms with Crippen LogP contribution in [0.3, 0.4) is 0 Å². The van der Waals surface area contributed by atoms with Gasteiger partial charge in [0, 0.05) is 5.75 Å². The Bertz CT molecular complexity index is 383. The van der Waals surface area contributed by atoms with Crippen molar-refractivity contribution in [2.45, 2.75) is 25.7 Å². The maximum atomic E-state index is 10.3. The predicted octanol–water partition coefficient (Wildman–Crippen LogP) is -3.37. The molecular weight excluding hydrogens is 277 g/mol. The van der Waals surface area contributed by atoms with E-state index in [1.807, 2.05) is 0 Å². The first-order valence-corrected chi connectivity index (χ1v) is 8.39. The van der Waals surface area contributed by atoms with Gasteiger partial charge in [0.25, 0.3) is 0 Å². The number of hydrogen-bond acceptors (Lipinski definition) is 5. The molecule has 17 heavy (non-hydrogen) atoms. The maximum Gasteiger partial charge on any atom is 1.00 e. The van der Waals surface area contributed by atoms with Gasteiger partial charge >= 0.3 is 29.6 Å². The summed E-state index contributed by atoms with van der Waals surface area (Å²) in [5.74, 6) is 0.613. The van der Waals surface area contributed by atoms with Gasteiger partial charge in [-0.05, 0) is 37.5 Å². The molecule has 2 rings (SSSR count). The number of sulfonamides is 1. The number of rotatable bonds is 4. The topological polar surface area (TPSA) is 117 Å². The summed E-state index contributed by atoms with van der Waals surface area (Å²) in [5, 5.41) is 4.75. The first kappa shape index (κ1) is 17.8. The Labute approximate surface area is 124 Å². The van der Waals surface area contributed by atoms with Gasteiger partial charge in [-0.2, -0.15) is 0 Å². The van der Waals surface area contributed by atoms with Crippen LogP contribution >= 0.6 is 0 Å². The van der Waals surface area contributed by atoms with Gasteiger partial charge in [0.1, 0.15) is 0 Å². The molecule has 0 aromatic carbocycles. The summed E-state index contributed by atoms with van der Waals surface area (Å²) in [6.45, 7) is 0. The molecule has 0 amide bonds. The van der Waals surface area contributed by atoms with Crippen LogP contribution in [-0.2, 0) is 20.1 Å². The summed E-state index contributed by atoms with van der Waals surface area (Å²) in [7, 11) is -7.07. The molecule has 0 saturated heterocycles. The monoisotopic (exact) mass is 293 g/mol. The summed E-state index contributed by atoms with van der Waals surface area (Å²) in [5.41, 5.74) is 0. The van der Waals surface area contributed by atoms with Crippen LogP contribution in [0, 0.1) is 11.8 Å². The van der Waals surface area contributed by atoms with Crippen LogP contribution in [-0.4, -0.2) is 32.9 Å². The number of nitrogens with two attached hydrogens (primary N) is 1. The van der Waals surface area contributed by atoms with Crippen molar-refractivity contribution in [3.8, 4) is 0 Å². The van der Waals surface area contributed by atoms with Crippen LogP contribution in [0.5, 0.6) is 0 Å². The van der Waals surface area contributed by atoms with Crippen molar-refractivity contribution in [1.29, 1.82) is 0 Å². The zero-order valence-electron chi connectivity index (χ0n) is 9.83. The minimum Gasteiger partial charge on any atom is -0.748 e. The molecule has 0 heterocycles. The first-order valence-electron chi connectivity index (χ1n) is 5.10. The van der Waals surface area contributed by atoms with Crippen LogP contribution in [0.25, 0.3) is 0 Å². The molecule has 6 nitrogen and oxygen atoms in total. The van der Waals surface area contributed by atoms with E-state index >= 15 is 0 Å². The summed E-state index contributed by atoms with van der Waals surface area (Å²) in [4.78, 5) is 0. The molecule has 0 unspecified atom stereocenters. The summed E-state index contributed by atoms with van der Waals surface area (Å²) < 4.78 is 50.3. The third kappa shape index (κ3) is 13.1. The molecule has 2 aliphatic rings. The van der Waals surface area contributed by atoms with Gasteiger partial charge in [0.2, 0.25) is 10.0 Å². The van der Waals surface area contributed by atoms with Crippen LogP contribution in [0.4, 0.5) is 0 Å². The Hall–Kier alpha value is 0.820. The Morgan fingerprint density at radius 2 is 1.29 bits per heavy atom. The molecule has 2 saturated carbocycles. The van der Waals surface area contributed by atoms with Gasteiger partial charge in [-0.25, -0.2) is 22.0 Å².